The number of rotatable bonds is 1. The molecule has 2 aromatic rings. The molecule has 0 unspecified atom stereocenters. The molecule has 11 nitrogen and oxygen atoms in total. The zero-order valence-corrected chi connectivity index (χ0v) is 16.2. The molecule has 0 saturated carbocycles. The minimum absolute atomic E-state index is 0.800. The average molecular weight is 442 g/mol. The summed E-state index contributed by atoms with van der Waals surface area (Å²) in [6, 6.07) is 3.90. The highest BCUT2D eigenvalue weighted by atomic mass is 79.9. The van der Waals surface area contributed by atoms with Crippen LogP contribution < -0.4 is 21.3 Å². The summed E-state index contributed by atoms with van der Waals surface area (Å²) in [4.78, 5) is 31.4. The summed E-state index contributed by atoms with van der Waals surface area (Å²) in [7, 11) is 2.70. The van der Waals surface area contributed by atoms with E-state index in [1.54, 1.807) is 12.4 Å². The number of carboxylic acid groups (broad SMARTS) is 2. The van der Waals surface area contributed by atoms with Crippen LogP contribution in [0.25, 0.3) is 11.0 Å². The number of nitrogens with zero attached hydrogens (tertiary/aromatic N) is 3. The topological polar surface area (TPSA) is 161 Å². The molecule has 146 valence electrons. The van der Waals surface area contributed by atoms with Crippen molar-refractivity contribution in [1.82, 2.24) is 25.9 Å². The molecule has 0 saturated heterocycles. The normalized spacial score (nSPS) is 11.6. The predicted octanol–water partition coefficient (Wildman–Crippen LogP) is 1.53. The monoisotopic (exact) mass is 441 g/mol. The molecule has 1 aromatic carbocycles. The van der Waals surface area contributed by atoms with Gasteiger partial charge >= 0.3 is 12.2 Å². The molecule has 0 fully saturated rings. The Labute approximate surface area is 163 Å². The number of guanidine groups is 1. The number of halogens is 1. The van der Waals surface area contributed by atoms with Gasteiger partial charge in [-0.15, -0.1) is 0 Å². The molecule has 0 aliphatic carbocycles. The van der Waals surface area contributed by atoms with Crippen LogP contribution >= 0.6 is 15.9 Å². The lowest BCUT2D eigenvalue weighted by atomic mass is 10.2. The largest absolute Gasteiger partial charge is 0.465 e. The summed E-state index contributed by atoms with van der Waals surface area (Å²) in [5.74, 6) is 0.800. The maximum atomic E-state index is 9.26. The summed E-state index contributed by atoms with van der Waals surface area (Å²) in [5, 5.41) is 25.5. The number of nitrogens with one attached hydrogen (secondary N) is 4. The third kappa shape index (κ3) is 7.73. The van der Waals surface area contributed by atoms with Crippen LogP contribution in [0.1, 0.15) is 0 Å². The highest BCUT2D eigenvalue weighted by molar-refractivity contribution is 9.10. The standard InChI is InChI=1S/C11H10BrN5.2C2H5NO2/c12-9-7(17-11-15-5-6-16-11)1-2-8-10(9)14-4-3-13-8;2*1-3-2(4)5/h1-4H,5-6H2,(H2,15,16,17);2*3H,1H3,(H,4,5). The number of anilines is 1. The van der Waals surface area contributed by atoms with E-state index in [1.165, 1.54) is 14.1 Å². The van der Waals surface area contributed by atoms with E-state index in [9.17, 15) is 9.59 Å². The first-order valence-corrected chi connectivity index (χ1v) is 8.44. The Balaban J connectivity index is 0.000000306. The van der Waals surface area contributed by atoms with E-state index in [4.69, 9.17) is 10.2 Å². The number of aromatic nitrogens is 2. The zero-order valence-electron chi connectivity index (χ0n) is 14.7. The van der Waals surface area contributed by atoms with Crippen molar-refractivity contribution in [2.24, 2.45) is 4.99 Å². The van der Waals surface area contributed by atoms with E-state index in [1.807, 2.05) is 22.8 Å². The number of benzene rings is 1. The van der Waals surface area contributed by atoms with Gasteiger partial charge in [0.1, 0.15) is 5.52 Å². The molecule has 1 aliphatic rings. The molecule has 1 aromatic heterocycles. The van der Waals surface area contributed by atoms with E-state index in [0.717, 1.165) is 40.2 Å². The minimum Gasteiger partial charge on any atom is -0.465 e. The van der Waals surface area contributed by atoms with Gasteiger partial charge in [0.15, 0.2) is 5.96 Å². The Bertz CT molecular complexity index is 802. The first kappa shape index (κ1) is 21.9. The summed E-state index contributed by atoms with van der Waals surface area (Å²) in [6.45, 7) is 1.70. The van der Waals surface area contributed by atoms with Crippen molar-refractivity contribution in [3.8, 4) is 0 Å². The molecular weight excluding hydrogens is 422 g/mol. The Morgan fingerprint density at radius 3 is 2.22 bits per heavy atom. The van der Waals surface area contributed by atoms with Gasteiger partial charge in [-0.2, -0.15) is 0 Å². The summed E-state index contributed by atoms with van der Waals surface area (Å²) in [6.07, 6.45) is 1.38. The third-order valence-corrected chi connectivity index (χ3v) is 3.74. The average Bonchev–Trinajstić information content (AvgIpc) is 3.18. The molecule has 12 heteroatoms. The second kappa shape index (κ2) is 11.5. The fourth-order valence-corrected chi connectivity index (χ4v) is 2.25. The van der Waals surface area contributed by atoms with E-state index in [0.29, 0.717) is 0 Å². The maximum absolute atomic E-state index is 9.26. The third-order valence-electron chi connectivity index (χ3n) is 2.93. The SMILES string of the molecule is Brc1c(NC2=NCCN2)ccc2nccnc12.CNC(=O)O.CNC(=O)O. The second-order valence-electron chi connectivity index (χ2n) is 4.74. The molecule has 6 N–H and O–H groups in total. The Kier molecular flexibility index (Phi) is 9.29. The van der Waals surface area contributed by atoms with Gasteiger partial charge in [0.25, 0.3) is 0 Å². The number of carbonyl (C=O) groups is 2. The molecule has 2 amide bonds. The van der Waals surface area contributed by atoms with Crippen LogP contribution in [0.15, 0.2) is 34.0 Å². The van der Waals surface area contributed by atoms with Crippen molar-refractivity contribution in [3.63, 3.8) is 0 Å². The highest BCUT2D eigenvalue weighted by Crippen LogP contribution is 2.28. The van der Waals surface area contributed by atoms with Gasteiger partial charge in [-0.05, 0) is 28.1 Å². The van der Waals surface area contributed by atoms with Crippen LogP contribution in [0.5, 0.6) is 0 Å². The first-order chi connectivity index (χ1) is 12.9. The maximum Gasteiger partial charge on any atom is 0.404 e. The molecule has 27 heavy (non-hydrogen) atoms. The van der Waals surface area contributed by atoms with Crippen LogP contribution in [0.2, 0.25) is 0 Å². The molecule has 0 atom stereocenters. The Morgan fingerprint density at radius 1 is 1.11 bits per heavy atom. The molecule has 1 aliphatic heterocycles. The molecule has 3 rings (SSSR count). The van der Waals surface area contributed by atoms with Gasteiger partial charge in [0.2, 0.25) is 0 Å². The van der Waals surface area contributed by atoms with Gasteiger partial charge in [-0.3, -0.25) is 15.0 Å². The van der Waals surface area contributed by atoms with Crippen molar-refractivity contribution in [1.29, 1.82) is 0 Å². The Morgan fingerprint density at radius 2 is 1.70 bits per heavy atom. The van der Waals surface area contributed by atoms with E-state index < -0.39 is 12.2 Å². The Hall–Kier alpha value is -3.15. The lowest BCUT2D eigenvalue weighted by Gasteiger charge is -2.09. The lowest BCUT2D eigenvalue weighted by Crippen LogP contribution is -2.26. The fourth-order valence-electron chi connectivity index (χ4n) is 1.71. The van der Waals surface area contributed by atoms with Crippen LogP contribution in [-0.2, 0) is 0 Å². The number of amides is 2. The molecule has 2 heterocycles. The van der Waals surface area contributed by atoms with Crippen molar-refractivity contribution in [2.45, 2.75) is 0 Å². The molecule has 0 spiro atoms. The van der Waals surface area contributed by atoms with E-state index in [-0.39, 0.29) is 0 Å². The number of hydrogen-bond donors (Lipinski definition) is 6. The highest BCUT2D eigenvalue weighted by Gasteiger charge is 2.10. The lowest BCUT2D eigenvalue weighted by molar-refractivity contribution is 0.196. The number of hydrogen-bond acceptors (Lipinski definition) is 7. The van der Waals surface area contributed by atoms with Crippen LogP contribution in [0, 0.1) is 0 Å². The fraction of sp³-hybridized carbons (Fsp3) is 0.267. The van der Waals surface area contributed by atoms with E-state index >= 15 is 0 Å². The van der Waals surface area contributed by atoms with Gasteiger partial charge < -0.3 is 31.5 Å². The molecule has 0 radical (unpaired) electrons. The summed E-state index contributed by atoms with van der Waals surface area (Å²) < 4.78 is 0.902. The predicted molar refractivity (Wildman–Crippen MR) is 105 cm³/mol. The van der Waals surface area contributed by atoms with Crippen LogP contribution in [-0.4, -0.2) is 65.5 Å². The zero-order chi connectivity index (χ0) is 20.2. The number of fused-ring (bicyclic) bond motifs is 1. The second-order valence-corrected chi connectivity index (χ2v) is 5.54. The van der Waals surface area contributed by atoms with Gasteiger partial charge in [0, 0.05) is 33.0 Å². The first-order valence-electron chi connectivity index (χ1n) is 7.65. The summed E-state index contributed by atoms with van der Waals surface area (Å²) >= 11 is 3.54. The summed E-state index contributed by atoms with van der Waals surface area (Å²) in [5.41, 5.74) is 2.65. The molecule has 0 bridgehead atoms. The van der Waals surface area contributed by atoms with Gasteiger partial charge in [-0.25, -0.2) is 9.59 Å². The van der Waals surface area contributed by atoms with E-state index in [2.05, 4.69) is 41.5 Å². The van der Waals surface area contributed by atoms with Gasteiger partial charge in [-0.1, -0.05) is 0 Å². The number of aliphatic imine (C=N–C) groups is 1. The minimum atomic E-state index is -0.995. The molecular formula is C15H20BrN7O4. The van der Waals surface area contributed by atoms with Crippen molar-refractivity contribution in [3.05, 3.63) is 29.0 Å². The van der Waals surface area contributed by atoms with Crippen molar-refractivity contribution in [2.75, 3.05) is 32.5 Å². The van der Waals surface area contributed by atoms with Crippen molar-refractivity contribution >= 4 is 50.8 Å². The van der Waals surface area contributed by atoms with Crippen LogP contribution in [0.3, 0.4) is 0 Å². The van der Waals surface area contributed by atoms with Crippen LogP contribution in [0.4, 0.5) is 15.3 Å². The quantitative estimate of drug-likeness (QED) is 0.388. The van der Waals surface area contributed by atoms with Gasteiger partial charge in [0.05, 0.1) is 22.2 Å². The smallest absolute Gasteiger partial charge is 0.404 e. The van der Waals surface area contributed by atoms with Crippen molar-refractivity contribution < 1.29 is 19.8 Å².